The highest BCUT2D eigenvalue weighted by molar-refractivity contribution is 5.82. The van der Waals surface area contributed by atoms with Crippen molar-refractivity contribution in [2.45, 2.75) is 18.8 Å². The summed E-state index contributed by atoms with van der Waals surface area (Å²) in [5.41, 5.74) is 1.58. The molecular formula is C11H9FO. The third kappa shape index (κ3) is 0.981. The summed E-state index contributed by atoms with van der Waals surface area (Å²) < 4.78 is 18.4. The first-order valence-corrected chi connectivity index (χ1v) is 4.52. The molecule has 1 nitrogen and oxygen atoms in total. The first kappa shape index (κ1) is 7.13. The Morgan fingerprint density at radius 3 is 2.92 bits per heavy atom. The molecule has 13 heavy (non-hydrogen) atoms. The summed E-state index contributed by atoms with van der Waals surface area (Å²) in [7, 11) is 0. The van der Waals surface area contributed by atoms with Gasteiger partial charge in [0.25, 0.3) is 0 Å². The Morgan fingerprint density at radius 1 is 1.31 bits per heavy atom. The number of halogens is 1. The topological polar surface area (TPSA) is 13.1 Å². The molecule has 1 aromatic heterocycles. The van der Waals surface area contributed by atoms with Crippen LogP contribution in [0.3, 0.4) is 0 Å². The number of para-hydroxylation sites is 1. The average Bonchev–Trinajstić information content (AvgIpc) is 2.87. The summed E-state index contributed by atoms with van der Waals surface area (Å²) in [6.07, 6.45) is 4.13. The molecule has 1 aliphatic carbocycles. The van der Waals surface area contributed by atoms with E-state index in [-0.39, 0.29) is 5.82 Å². The van der Waals surface area contributed by atoms with Gasteiger partial charge in [0.05, 0.1) is 6.26 Å². The van der Waals surface area contributed by atoms with Crippen LogP contribution in [0.15, 0.2) is 28.9 Å². The Balaban J connectivity index is 2.32. The Bertz CT molecular complexity index is 454. The fraction of sp³-hybridized carbons (Fsp3) is 0.273. The molecule has 0 amide bonds. The molecule has 1 saturated carbocycles. The van der Waals surface area contributed by atoms with Gasteiger partial charge in [-0.05, 0) is 24.8 Å². The van der Waals surface area contributed by atoms with Gasteiger partial charge in [-0.25, -0.2) is 4.39 Å². The van der Waals surface area contributed by atoms with Crippen LogP contribution in [0, 0.1) is 5.82 Å². The van der Waals surface area contributed by atoms with Crippen LogP contribution in [0.4, 0.5) is 4.39 Å². The average molecular weight is 176 g/mol. The van der Waals surface area contributed by atoms with Crippen LogP contribution in [0.5, 0.6) is 0 Å². The molecule has 1 aromatic carbocycles. The predicted molar refractivity (Wildman–Crippen MR) is 48.1 cm³/mol. The molecule has 0 atom stereocenters. The Morgan fingerprint density at radius 2 is 2.15 bits per heavy atom. The molecular weight excluding hydrogens is 167 g/mol. The molecule has 0 N–H and O–H groups in total. The molecule has 2 heteroatoms. The van der Waals surface area contributed by atoms with Crippen molar-refractivity contribution in [2.24, 2.45) is 0 Å². The van der Waals surface area contributed by atoms with Crippen LogP contribution in [0.25, 0.3) is 11.0 Å². The molecule has 0 spiro atoms. The van der Waals surface area contributed by atoms with E-state index in [1.807, 2.05) is 6.07 Å². The van der Waals surface area contributed by atoms with E-state index >= 15 is 0 Å². The number of benzene rings is 1. The van der Waals surface area contributed by atoms with Gasteiger partial charge < -0.3 is 4.42 Å². The lowest BCUT2D eigenvalue weighted by Gasteiger charge is -1.92. The highest BCUT2D eigenvalue weighted by Crippen LogP contribution is 2.44. The lowest BCUT2D eigenvalue weighted by atomic mass is 10.1. The SMILES string of the molecule is Fc1cccc2c(C3CC3)coc12. The van der Waals surface area contributed by atoms with E-state index < -0.39 is 0 Å². The second-order valence-corrected chi connectivity index (χ2v) is 3.58. The van der Waals surface area contributed by atoms with E-state index in [4.69, 9.17) is 4.42 Å². The van der Waals surface area contributed by atoms with E-state index in [9.17, 15) is 4.39 Å². The summed E-state index contributed by atoms with van der Waals surface area (Å²) >= 11 is 0. The van der Waals surface area contributed by atoms with Crippen LogP contribution >= 0.6 is 0 Å². The molecule has 1 aliphatic rings. The Kier molecular flexibility index (Phi) is 1.29. The summed E-state index contributed by atoms with van der Waals surface area (Å²) in [5, 5.41) is 0.947. The number of furan rings is 1. The Labute approximate surface area is 75.2 Å². The third-order valence-corrected chi connectivity index (χ3v) is 2.60. The summed E-state index contributed by atoms with van der Waals surface area (Å²) in [5.74, 6) is 0.354. The molecule has 0 saturated heterocycles. The van der Waals surface area contributed by atoms with Crippen molar-refractivity contribution in [3.63, 3.8) is 0 Å². The van der Waals surface area contributed by atoms with Gasteiger partial charge in [0, 0.05) is 10.9 Å². The zero-order valence-electron chi connectivity index (χ0n) is 7.09. The first-order chi connectivity index (χ1) is 6.36. The molecule has 0 unspecified atom stereocenters. The molecule has 0 bridgehead atoms. The normalized spacial score (nSPS) is 16.7. The fourth-order valence-electron chi connectivity index (χ4n) is 1.75. The lowest BCUT2D eigenvalue weighted by molar-refractivity contribution is 0.558. The number of rotatable bonds is 1. The van der Waals surface area contributed by atoms with Gasteiger partial charge in [0.2, 0.25) is 0 Å². The van der Waals surface area contributed by atoms with Gasteiger partial charge in [-0.3, -0.25) is 0 Å². The van der Waals surface area contributed by atoms with E-state index in [2.05, 4.69) is 0 Å². The Hall–Kier alpha value is -1.31. The molecule has 2 aromatic rings. The van der Waals surface area contributed by atoms with Crippen LogP contribution < -0.4 is 0 Å². The molecule has 1 fully saturated rings. The maximum absolute atomic E-state index is 13.2. The van der Waals surface area contributed by atoms with Crippen molar-refractivity contribution < 1.29 is 8.81 Å². The zero-order chi connectivity index (χ0) is 8.84. The van der Waals surface area contributed by atoms with Crippen molar-refractivity contribution in [3.05, 3.63) is 35.8 Å². The highest BCUT2D eigenvalue weighted by atomic mass is 19.1. The molecule has 66 valence electrons. The molecule has 0 radical (unpaired) electrons. The maximum atomic E-state index is 13.2. The molecule has 1 heterocycles. The standard InChI is InChI=1S/C11H9FO/c12-10-3-1-2-8-9(7-4-5-7)6-13-11(8)10/h1-3,6-7H,4-5H2. The zero-order valence-corrected chi connectivity index (χ0v) is 7.09. The maximum Gasteiger partial charge on any atom is 0.169 e. The van der Waals surface area contributed by atoms with Gasteiger partial charge in [-0.1, -0.05) is 12.1 Å². The van der Waals surface area contributed by atoms with E-state index in [1.54, 1.807) is 12.3 Å². The summed E-state index contributed by atoms with van der Waals surface area (Å²) in [4.78, 5) is 0. The minimum absolute atomic E-state index is 0.260. The van der Waals surface area contributed by atoms with Crippen LogP contribution in [-0.2, 0) is 0 Å². The largest absolute Gasteiger partial charge is 0.461 e. The molecule has 3 rings (SSSR count). The third-order valence-electron chi connectivity index (χ3n) is 2.60. The van der Waals surface area contributed by atoms with Gasteiger partial charge in [0.15, 0.2) is 11.4 Å². The van der Waals surface area contributed by atoms with Crippen LogP contribution in [0.1, 0.15) is 24.3 Å². The van der Waals surface area contributed by atoms with E-state index in [0.717, 1.165) is 5.39 Å². The van der Waals surface area contributed by atoms with E-state index in [1.165, 1.54) is 24.5 Å². The van der Waals surface area contributed by atoms with Crippen molar-refractivity contribution in [3.8, 4) is 0 Å². The van der Waals surface area contributed by atoms with Crippen molar-refractivity contribution >= 4 is 11.0 Å². The highest BCUT2D eigenvalue weighted by Gasteiger charge is 2.27. The summed E-state index contributed by atoms with van der Waals surface area (Å²) in [6, 6.07) is 5.09. The van der Waals surface area contributed by atoms with Crippen molar-refractivity contribution in [1.29, 1.82) is 0 Å². The second kappa shape index (κ2) is 2.34. The predicted octanol–water partition coefficient (Wildman–Crippen LogP) is 3.45. The summed E-state index contributed by atoms with van der Waals surface area (Å²) in [6.45, 7) is 0. The smallest absolute Gasteiger partial charge is 0.169 e. The van der Waals surface area contributed by atoms with Crippen LogP contribution in [0.2, 0.25) is 0 Å². The number of hydrogen-bond donors (Lipinski definition) is 0. The van der Waals surface area contributed by atoms with Crippen molar-refractivity contribution in [2.75, 3.05) is 0 Å². The number of hydrogen-bond acceptors (Lipinski definition) is 1. The lowest BCUT2D eigenvalue weighted by Crippen LogP contribution is -1.76. The van der Waals surface area contributed by atoms with Gasteiger partial charge in [-0.2, -0.15) is 0 Å². The van der Waals surface area contributed by atoms with Gasteiger partial charge in [0.1, 0.15) is 0 Å². The minimum Gasteiger partial charge on any atom is -0.461 e. The van der Waals surface area contributed by atoms with Crippen molar-refractivity contribution in [1.82, 2.24) is 0 Å². The fourth-order valence-corrected chi connectivity index (χ4v) is 1.75. The van der Waals surface area contributed by atoms with Gasteiger partial charge >= 0.3 is 0 Å². The van der Waals surface area contributed by atoms with Crippen LogP contribution in [-0.4, -0.2) is 0 Å². The second-order valence-electron chi connectivity index (χ2n) is 3.58. The van der Waals surface area contributed by atoms with Gasteiger partial charge in [-0.15, -0.1) is 0 Å². The first-order valence-electron chi connectivity index (χ1n) is 4.52. The number of fused-ring (bicyclic) bond motifs is 1. The monoisotopic (exact) mass is 176 g/mol. The quantitative estimate of drug-likeness (QED) is 0.648. The molecule has 0 aliphatic heterocycles. The van der Waals surface area contributed by atoms with E-state index in [0.29, 0.717) is 11.5 Å². The minimum atomic E-state index is -0.260.